The molecule has 1 aromatic carbocycles. The molecule has 0 bridgehead atoms. The van der Waals surface area contributed by atoms with Crippen LogP contribution in [0.25, 0.3) is 0 Å². The van der Waals surface area contributed by atoms with E-state index in [9.17, 15) is 9.59 Å². The molecule has 27 heavy (non-hydrogen) atoms. The van der Waals surface area contributed by atoms with E-state index in [1.54, 1.807) is 25.1 Å². The van der Waals surface area contributed by atoms with Crippen LogP contribution in [0.3, 0.4) is 0 Å². The lowest BCUT2D eigenvalue weighted by atomic mass is 9.94. The van der Waals surface area contributed by atoms with E-state index < -0.39 is 18.0 Å². The molecule has 0 aromatic heterocycles. The molecule has 1 saturated heterocycles. The van der Waals surface area contributed by atoms with Crippen molar-refractivity contribution in [1.82, 2.24) is 10.6 Å². The van der Waals surface area contributed by atoms with Crippen molar-refractivity contribution in [3.8, 4) is 11.5 Å². The monoisotopic (exact) mass is 376 g/mol. The third-order valence-corrected chi connectivity index (χ3v) is 4.66. The fourth-order valence-electron chi connectivity index (χ4n) is 3.36. The quantitative estimate of drug-likeness (QED) is 0.738. The zero-order chi connectivity index (χ0) is 19.4. The van der Waals surface area contributed by atoms with Gasteiger partial charge in [0.1, 0.15) is 6.61 Å². The van der Waals surface area contributed by atoms with Crippen molar-refractivity contribution in [2.45, 2.75) is 31.9 Å². The van der Waals surface area contributed by atoms with Gasteiger partial charge in [-0.1, -0.05) is 12.1 Å². The number of hydrogen-bond donors (Lipinski definition) is 2. The van der Waals surface area contributed by atoms with Crippen molar-refractivity contribution >= 4 is 12.0 Å². The summed E-state index contributed by atoms with van der Waals surface area (Å²) in [4.78, 5) is 24.9. The number of methoxy groups -OCH3 is 2. The zero-order valence-corrected chi connectivity index (χ0v) is 15.7. The minimum Gasteiger partial charge on any atom is -0.493 e. The van der Waals surface area contributed by atoms with Gasteiger partial charge in [0.05, 0.1) is 31.9 Å². The molecule has 0 saturated carbocycles. The van der Waals surface area contributed by atoms with Crippen molar-refractivity contribution in [3.05, 3.63) is 35.0 Å². The lowest BCUT2D eigenvalue weighted by Gasteiger charge is -2.29. The summed E-state index contributed by atoms with van der Waals surface area (Å²) in [5.41, 5.74) is 1.36. The highest BCUT2D eigenvalue weighted by molar-refractivity contribution is 5.95. The Morgan fingerprint density at radius 1 is 1.30 bits per heavy atom. The molecule has 8 heteroatoms. The van der Waals surface area contributed by atoms with Crippen LogP contribution >= 0.6 is 0 Å². The third kappa shape index (κ3) is 4.00. The van der Waals surface area contributed by atoms with Gasteiger partial charge in [0.25, 0.3) is 0 Å². The second-order valence-corrected chi connectivity index (χ2v) is 6.39. The molecule has 2 amide bonds. The lowest BCUT2D eigenvalue weighted by Crippen LogP contribution is -2.45. The van der Waals surface area contributed by atoms with E-state index in [4.69, 9.17) is 18.9 Å². The molecule has 0 spiro atoms. The van der Waals surface area contributed by atoms with Gasteiger partial charge >= 0.3 is 12.0 Å². The highest BCUT2D eigenvalue weighted by atomic mass is 16.6. The number of amides is 2. The topological polar surface area (TPSA) is 95.1 Å². The highest BCUT2D eigenvalue weighted by Crippen LogP contribution is 2.39. The summed E-state index contributed by atoms with van der Waals surface area (Å²) in [5.74, 6) is 0.447. The minimum atomic E-state index is -0.721. The molecule has 146 valence electrons. The van der Waals surface area contributed by atoms with Crippen LogP contribution in [-0.2, 0) is 14.3 Å². The largest absolute Gasteiger partial charge is 0.493 e. The van der Waals surface area contributed by atoms with Crippen LogP contribution in [-0.4, -0.2) is 45.5 Å². The smallest absolute Gasteiger partial charge is 0.338 e. The number of ether oxygens (including phenoxy) is 4. The van der Waals surface area contributed by atoms with Gasteiger partial charge in [0.15, 0.2) is 11.5 Å². The maximum atomic E-state index is 12.8. The highest BCUT2D eigenvalue weighted by Gasteiger charge is 2.35. The third-order valence-electron chi connectivity index (χ3n) is 4.66. The second-order valence-electron chi connectivity index (χ2n) is 6.39. The van der Waals surface area contributed by atoms with Gasteiger partial charge in [-0.15, -0.1) is 0 Å². The van der Waals surface area contributed by atoms with E-state index >= 15 is 0 Å². The summed E-state index contributed by atoms with van der Waals surface area (Å²) in [6, 6.07) is 4.17. The first kappa shape index (κ1) is 19.0. The molecule has 2 aliphatic heterocycles. The molecule has 2 aliphatic rings. The summed E-state index contributed by atoms with van der Waals surface area (Å²) >= 11 is 0. The van der Waals surface area contributed by atoms with Gasteiger partial charge in [-0.05, 0) is 25.8 Å². The summed E-state index contributed by atoms with van der Waals surface area (Å²) in [6.07, 6.45) is 1.75. The van der Waals surface area contributed by atoms with Crippen LogP contribution in [0.15, 0.2) is 29.5 Å². The molecule has 0 unspecified atom stereocenters. The van der Waals surface area contributed by atoms with Gasteiger partial charge < -0.3 is 29.6 Å². The van der Waals surface area contributed by atoms with Crippen LogP contribution in [0.5, 0.6) is 11.5 Å². The average Bonchev–Trinajstić information content (AvgIpc) is 3.18. The molecular weight excluding hydrogens is 352 g/mol. The molecule has 0 radical (unpaired) electrons. The number of hydrogen-bond acceptors (Lipinski definition) is 6. The Hall–Kier alpha value is -2.74. The molecule has 2 N–H and O–H groups in total. The number of carbonyl (C=O) groups excluding carboxylic acids is 2. The predicted molar refractivity (Wildman–Crippen MR) is 96.6 cm³/mol. The van der Waals surface area contributed by atoms with Crippen molar-refractivity contribution < 1.29 is 28.5 Å². The number of carbonyl (C=O) groups is 2. The van der Waals surface area contributed by atoms with E-state index in [1.807, 2.05) is 0 Å². The summed E-state index contributed by atoms with van der Waals surface area (Å²) in [6.45, 7) is 2.54. The minimum absolute atomic E-state index is 0.0780. The van der Waals surface area contributed by atoms with Gasteiger partial charge in [-0.3, -0.25) is 0 Å². The number of benzene rings is 1. The molecule has 0 aliphatic carbocycles. The van der Waals surface area contributed by atoms with Gasteiger partial charge in [-0.25, -0.2) is 9.59 Å². The van der Waals surface area contributed by atoms with E-state index in [-0.39, 0.29) is 12.7 Å². The molecule has 8 nitrogen and oxygen atoms in total. The molecule has 1 fully saturated rings. The first-order valence-electron chi connectivity index (χ1n) is 8.83. The second kappa shape index (κ2) is 8.30. The Kier molecular flexibility index (Phi) is 5.85. The maximum Gasteiger partial charge on any atom is 0.338 e. The first-order chi connectivity index (χ1) is 13.0. The Labute approximate surface area is 157 Å². The Morgan fingerprint density at radius 2 is 2.11 bits per heavy atom. The van der Waals surface area contributed by atoms with E-state index in [0.717, 1.165) is 12.8 Å². The predicted octanol–water partition coefficient (Wildman–Crippen LogP) is 2.05. The number of allylic oxidation sites excluding steroid dienone is 1. The van der Waals surface area contributed by atoms with Crippen LogP contribution < -0.4 is 20.1 Å². The van der Waals surface area contributed by atoms with Crippen LogP contribution in [0.1, 0.15) is 31.4 Å². The number of para-hydroxylation sites is 1. The van der Waals surface area contributed by atoms with E-state index in [2.05, 4.69) is 10.6 Å². The summed E-state index contributed by atoms with van der Waals surface area (Å²) in [7, 11) is 3.04. The number of nitrogens with one attached hydrogen (secondary N) is 2. The Bertz CT molecular complexity index is 755. The fraction of sp³-hybridized carbons (Fsp3) is 0.474. The van der Waals surface area contributed by atoms with Crippen molar-refractivity contribution in [3.63, 3.8) is 0 Å². The fourth-order valence-corrected chi connectivity index (χ4v) is 3.36. The SMILES string of the molecule is COc1cccc([C@@H]2NC(=O)NC(C)=C2C(=O)OC[C@H]2CCCO2)c1OC. The van der Waals surface area contributed by atoms with Crippen molar-refractivity contribution in [2.75, 3.05) is 27.4 Å². The molecule has 2 atom stereocenters. The summed E-state index contributed by atoms with van der Waals surface area (Å²) < 4.78 is 21.8. The molecule has 1 aromatic rings. The van der Waals surface area contributed by atoms with E-state index in [1.165, 1.54) is 14.2 Å². The molecular formula is C19H24N2O6. The number of esters is 1. The van der Waals surface area contributed by atoms with E-state index in [0.29, 0.717) is 34.9 Å². The zero-order valence-electron chi connectivity index (χ0n) is 15.7. The Balaban J connectivity index is 1.91. The van der Waals surface area contributed by atoms with Crippen LogP contribution in [0.2, 0.25) is 0 Å². The first-order valence-corrected chi connectivity index (χ1v) is 8.83. The van der Waals surface area contributed by atoms with Crippen LogP contribution in [0.4, 0.5) is 4.79 Å². The lowest BCUT2D eigenvalue weighted by molar-refractivity contribution is -0.142. The normalized spacial score (nSPS) is 22.1. The average molecular weight is 376 g/mol. The molecule has 3 rings (SSSR count). The number of rotatable bonds is 6. The number of urea groups is 1. The molecule has 2 heterocycles. The maximum absolute atomic E-state index is 12.8. The Morgan fingerprint density at radius 3 is 2.78 bits per heavy atom. The van der Waals surface area contributed by atoms with Crippen molar-refractivity contribution in [1.29, 1.82) is 0 Å². The van der Waals surface area contributed by atoms with Crippen molar-refractivity contribution in [2.24, 2.45) is 0 Å². The van der Waals surface area contributed by atoms with Crippen LogP contribution in [0, 0.1) is 0 Å². The van der Waals surface area contributed by atoms with Gasteiger partial charge in [0.2, 0.25) is 0 Å². The van der Waals surface area contributed by atoms with Gasteiger partial charge in [0, 0.05) is 17.9 Å². The summed E-state index contributed by atoms with van der Waals surface area (Å²) in [5, 5.41) is 5.40. The van der Waals surface area contributed by atoms with Gasteiger partial charge in [-0.2, -0.15) is 0 Å². The standard InChI is InChI=1S/C19H24N2O6/c1-11-15(18(22)27-10-12-6-5-9-26-12)16(21-19(23)20-11)13-7-4-8-14(24-2)17(13)25-3/h4,7-8,12,16H,5-6,9-10H2,1-3H3,(H2,20,21,23)/t12-,16+/m1/s1.